The fourth-order valence-electron chi connectivity index (χ4n) is 3.32. The van der Waals surface area contributed by atoms with Gasteiger partial charge in [0.2, 0.25) is 0 Å². The van der Waals surface area contributed by atoms with Gasteiger partial charge in [0, 0.05) is 23.8 Å². The van der Waals surface area contributed by atoms with Gasteiger partial charge in [-0.2, -0.15) is 0 Å². The van der Waals surface area contributed by atoms with Gasteiger partial charge in [-0.05, 0) is 18.6 Å². The van der Waals surface area contributed by atoms with Gasteiger partial charge in [0.1, 0.15) is 15.4 Å². The molecule has 4 rings (SSSR count). The van der Waals surface area contributed by atoms with E-state index in [9.17, 15) is 9.90 Å². The number of nitrogens with zero attached hydrogens (tertiary/aromatic N) is 3. The fraction of sp³-hybridized carbons (Fsp3) is 0.250. The van der Waals surface area contributed by atoms with Crippen LogP contribution in [0.4, 0.5) is 0 Å². The number of hydrogen-bond acceptors (Lipinski definition) is 6. The minimum absolute atomic E-state index is 0.135. The molecule has 0 aliphatic heterocycles. The van der Waals surface area contributed by atoms with Gasteiger partial charge in [-0.15, -0.1) is 11.3 Å². The molecule has 0 fully saturated rings. The summed E-state index contributed by atoms with van der Waals surface area (Å²) in [6.07, 6.45) is 0. The van der Waals surface area contributed by atoms with Crippen LogP contribution in [-0.4, -0.2) is 33.4 Å². The Hall–Kier alpha value is -2.61. The highest BCUT2D eigenvalue weighted by atomic mass is 32.1. The van der Waals surface area contributed by atoms with Crippen molar-refractivity contribution in [3.8, 4) is 11.4 Å². The Bertz CT molecular complexity index is 1180. The molecule has 4 aromatic rings. The van der Waals surface area contributed by atoms with Gasteiger partial charge < -0.3 is 9.84 Å². The summed E-state index contributed by atoms with van der Waals surface area (Å²) < 4.78 is 7.44. The van der Waals surface area contributed by atoms with E-state index in [1.54, 1.807) is 7.11 Å². The van der Waals surface area contributed by atoms with Gasteiger partial charge in [0.15, 0.2) is 0 Å². The Balaban J connectivity index is 2.13. The summed E-state index contributed by atoms with van der Waals surface area (Å²) >= 11 is 1.34. The van der Waals surface area contributed by atoms with Gasteiger partial charge in [0.05, 0.1) is 25.3 Å². The second kappa shape index (κ2) is 7.19. The normalized spacial score (nSPS) is 11.5. The van der Waals surface area contributed by atoms with Crippen molar-refractivity contribution in [1.82, 2.24) is 14.5 Å². The van der Waals surface area contributed by atoms with Crippen molar-refractivity contribution in [2.24, 2.45) is 0 Å². The first-order valence-electron chi connectivity index (χ1n) is 8.62. The summed E-state index contributed by atoms with van der Waals surface area (Å²) in [6, 6.07) is 11.5. The number of aliphatic hydroxyl groups excluding tert-OH is 1. The maximum atomic E-state index is 13.2. The van der Waals surface area contributed by atoms with Crippen LogP contribution in [0.2, 0.25) is 0 Å². The number of aryl methyl sites for hydroxylation is 1. The van der Waals surface area contributed by atoms with E-state index in [2.05, 4.69) is 4.98 Å². The lowest BCUT2D eigenvalue weighted by molar-refractivity contribution is 0.186. The number of hydrogen-bond donors (Lipinski definition) is 1. The quantitative estimate of drug-likeness (QED) is 0.575. The van der Waals surface area contributed by atoms with Gasteiger partial charge >= 0.3 is 0 Å². The van der Waals surface area contributed by atoms with Crippen molar-refractivity contribution in [1.29, 1.82) is 0 Å². The first-order valence-corrected chi connectivity index (χ1v) is 9.44. The third kappa shape index (κ3) is 3.03. The average Bonchev–Trinajstić information content (AvgIpc) is 3.03. The summed E-state index contributed by atoms with van der Waals surface area (Å²) in [6.45, 7) is 2.41. The first-order chi connectivity index (χ1) is 13.1. The molecule has 27 heavy (non-hydrogen) atoms. The van der Waals surface area contributed by atoms with E-state index in [0.29, 0.717) is 22.6 Å². The summed E-state index contributed by atoms with van der Waals surface area (Å²) in [4.78, 5) is 23.4. The van der Waals surface area contributed by atoms with Gasteiger partial charge in [0.25, 0.3) is 5.56 Å². The summed E-state index contributed by atoms with van der Waals surface area (Å²) in [5.74, 6) is 0.547. The Morgan fingerprint density at radius 3 is 2.70 bits per heavy atom. The molecular weight excluding hydrogens is 362 g/mol. The van der Waals surface area contributed by atoms with E-state index in [1.165, 1.54) is 15.9 Å². The highest BCUT2D eigenvalue weighted by Crippen LogP contribution is 2.34. The zero-order chi connectivity index (χ0) is 19.0. The molecule has 0 bridgehead atoms. The van der Waals surface area contributed by atoms with Crippen LogP contribution in [-0.2, 0) is 17.9 Å². The molecule has 1 N–H and O–H groups in total. The molecule has 0 unspecified atom stereocenters. The summed E-state index contributed by atoms with van der Waals surface area (Å²) in [5.41, 5.74) is 3.17. The minimum atomic E-state index is -0.156. The Morgan fingerprint density at radius 1 is 1.22 bits per heavy atom. The van der Waals surface area contributed by atoms with Crippen molar-refractivity contribution in [2.45, 2.75) is 20.1 Å². The maximum absolute atomic E-state index is 13.2. The van der Waals surface area contributed by atoms with E-state index in [0.717, 1.165) is 27.0 Å². The van der Waals surface area contributed by atoms with E-state index in [4.69, 9.17) is 9.72 Å². The van der Waals surface area contributed by atoms with E-state index in [-0.39, 0.29) is 18.7 Å². The number of ether oxygens (including phenoxy) is 1. The number of aliphatic hydroxyl groups is 1. The molecule has 6 nitrogen and oxygen atoms in total. The molecule has 0 atom stereocenters. The molecule has 0 aliphatic carbocycles. The van der Waals surface area contributed by atoms with Crippen molar-refractivity contribution >= 4 is 31.8 Å². The maximum Gasteiger partial charge on any atom is 0.271 e. The molecule has 3 heterocycles. The largest absolute Gasteiger partial charge is 0.395 e. The summed E-state index contributed by atoms with van der Waals surface area (Å²) in [5, 5.41) is 10.3. The Labute approximate surface area is 159 Å². The first kappa shape index (κ1) is 17.8. The van der Waals surface area contributed by atoms with Crippen LogP contribution >= 0.6 is 11.3 Å². The predicted octanol–water partition coefficient (Wildman–Crippen LogP) is 3.12. The van der Waals surface area contributed by atoms with Crippen LogP contribution in [0.5, 0.6) is 0 Å². The zero-order valence-corrected chi connectivity index (χ0v) is 15.9. The van der Waals surface area contributed by atoms with Gasteiger partial charge in [-0.25, -0.2) is 9.97 Å². The monoisotopic (exact) mass is 381 g/mol. The standard InChI is InChI=1S/C20H19N3O3S/c1-12-10-14(11-26-2)15-16-17(27-19(15)21-12)20(25)23(8-9-24)18(22-16)13-6-4-3-5-7-13/h3-7,10,24H,8-9,11H2,1-2H3. The lowest BCUT2D eigenvalue weighted by Crippen LogP contribution is -2.24. The van der Waals surface area contributed by atoms with Crippen LogP contribution in [0.15, 0.2) is 41.2 Å². The van der Waals surface area contributed by atoms with Crippen LogP contribution in [0.3, 0.4) is 0 Å². The second-order valence-corrected chi connectivity index (χ2v) is 7.30. The third-order valence-corrected chi connectivity index (χ3v) is 5.48. The SMILES string of the molecule is COCc1cc(C)nc2sc3c(=O)n(CCO)c(-c4ccccc4)nc3c12. The van der Waals surface area contributed by atoms with Crippen LogP contribution in [0.1, 0.15) is 11.3 Å². The molecule has 3 aromatic heterocycles. The number of methoxy groups -OCH3 is 1. The second-order valence-electron chi connectivity index (χ2n) is 6.30. The number of benzene rings is 1. The van der Waals surface area contributed by atoms with Crippen molar-refractivity contribution in [3.63, 3.8) is 0 Å². The molecule has 0 aliphatic rings. The fourth-order valence-corrected chi connectivity index (χ4v) is 4.47. The number of rotatable bonds is 5. The highest BCUT2D eigenvalue weighted by molar-refractivity contribution is 7.25. The average molecular weight is 381 g/mol. The molecule has 0 saturated carbocycles. The number of fused-ring (bicyclic) bond motifs is 3. The van der Waals surface area contributed by atoms with Crippen molar-refractivity contribution in [3.05, 3.63) is 58.0 Å². The molecule has 7 heteroatoms. The lowest BCUT2D eigenvalue weighted by atomic mass is 10.1. The number of aromatic nitrogens is 3. The van der Waals surface area contributed by atoms with Gasteiger partial charge in [-0.3, -0.25) is 9.36 Å². The van der Waals surface area contributed by atoms with Crippen molar-refractivity contribution in [2.75, 3.05) is 13.7 Å². The molecule has 0 spiro atoms. The Kier molecular flexibility index (Phi) is 4.73. The molecule has 0 amide bonds. The van der Waals surface area contributed by atoms with Crippen LogP contribution < -0.4 is 5.56 Å². The minimum Gasteiger partial charge on any atom is -0.395 e. The molecule has 0 radical (unpaired) electrons. The number of thiophene rings is 1. The van der Waals surface area contributed by atoms with E-state index in [1.807, 2.05) is 43.3 Å². The van der Waals surface area contributed by atoms with E-state index < -0.39 is 0 Å². The Morgan fingerprint density at radius 2 is 2.00 bits per heavy atom. The smallest absolute Gasteiger partial charge is 0.271 e. The molecule has 1 aromatic carbocycles. The molecule has 138 valence electrons. The zero-order valence-electron chi connectivity index (χ0n) is 15.1. The highest BCUT2D eigenvalue weighted by Gasteiger charge is 2.19. The van der Waals surface area contributed by atoms with Crippen molar-refractivity contribution < 1.29 is 9.84 Å². The van der Waals surface area contributed by atoms with Crippen LogP contribution in [0.25, 0.3) is 31.8 Å². The van der Waals surface area contributed by atoms with Gasteiger partial charge in [-0.1, -0.05) is 30.3 Å². The molecular formula is C20H19N3O3S. The third-order valence-electron chi connectivity index (χ3n) is 4.41. The molecule has 0 saturated heterocycles. The van der Waals surface area contributed by atoms with Crippen LogP contribution in [0, 0.1) is 6.92 Å². The van der Waals surface area contributed by atoms with E-state index >= 15 is 0 Å². The lowest BCUT2D eigenvalue weighted by Gasteiger charge is -2.11. The topological polar surface area (TPSA) is 77.2 Å². The summed E-state index contributed by atoms with van der Waals surface area (Å²) in [7, 11) is 1.65. The number of pyridine rings is 1. The predicted molar refractivity (Wildman–Crippen MR) is 107 cm³/mol.